The van der Waals surface area contributed by atoms with E-state index in [9.17, 15) is 0 Å². The van der Waals surface area contributed by atoms with E-state index < -0.39 is 14.9 Å². The first kappa shape index (κ1) is 34.8. The fourth-order valence-electron chi connectivity index (χ4n) is 6.57. The molecule has 1 radical (unpaired) electrons. The van der Waals surface area contributed by atoms with Crippen molar-refractivity contribution in [2.75, 3.05) is 0 Å². The van der Waals surface area contributed by atoms with Gasteiger partial charge in [0, 0.05) is 42.0 Å². The van der Waals surface area contributed by atoms with Gasteiger partial charge in [-0.05, 0) is 57.2 Å². The normalized spacial score (nSPS) is 12.6. The molecule has 0 bridgehead atoms. The quantitative estimate of drug-likeness (QED) is 0.123. The first-order chi connectivity index (χ1) is 26.6. The summed E-state index contributed by atoms with van der Waals surface area (Å²) in [5.41, 5.74) is 10.9. The molecular weight excluding hydrogens is 853 g/mol. The Morgan fingerprint density at radius 1 is 0.722 bits per heavy atom. The number of hydrogen-bond acceptors (Lipinski definition) is 3. The van der Waals surface area contributed by atoms with Crippen molar-refractivity contribution < 1.29 is 28.6 Å². The molecule has 0 aliphatic rings. The van der Waals surface area contributed by atoms with Crippen molar-refractivity contribution in [2.45, 2.75) is 53.7 Å². The van der Waals surface area contributed by atoms with Gasteiger partial charge in [0.25, 0.3) is 0 Å². The van der Waals surface area contributed by atoms with Crippen molar-refractivity contribution in [3.63, 3.8) is 0 Å². The van der Waals surface area contributed by atoms with Crippen LogP contribution in [0.25, 0.3) is 66.7 Å². The number of rotatable bonds is 6. The Kier molecular flexibility index (Phi) is 10.4. The molecule has 5 aromatic carbocycles. The Morgan fingerprint density at radius 2 is 1.46 bits per heavy atom. The minimum Gasteiger partial charge on any atom is -0.501 e. The van der Waals surface area contributed by atoms with E-state index in [1.165, 1.54) is 16.3 Å². The number of furan rings is 1. The van der Waals surface area contributed by atoms with Gasteiger partial charge in [-0.3, -0.25) is 0 Å². The van der Waals surface area contributed by atoms with Crippen molar-refractivity contribution in [3.05, 3.63) is 163 Å². The molecule has 8 aromatic rings. The largest absolute Gasteiger partial charge is 0.501 e. The van der Waals surface area contributed by atoms with E-state index >= 15 is 0 Å². The van der Waals surface area contributed by atoms with Crippen molar-refractivity contribution in [1.82, 2.24) is 9.97 Å². The maximum Gasteiger partial charge on any atom is 0.121 e. The molecule has 54 heavy (non-hydrogen) atoms. The predicted molar refractivity (Wildman–Crippen MR) is 226 cm³/mol. The zero-order chi connectivity index (χ0) is 39.7. The summed E-state index contributed by atoms with van der Waals surface area (Å²) in [6, 6.07) is 48.8. The van der Waals surface area contributed by atoms with Crippen molar-refractivity contribution >= 4 is 35.2 Å². The second-order valence-electron chi connectivity index (χ2n) is 15.8. The Bertz CT molecular complexity index is 2610. The standard InChI is InChI=1S/C28H24NO.C21H22NSi.Ir/c1-28(2,3)18-19-14-15-29-25(16-19)24-11-7-10-23-22-13-12-21(17-26(22)30-27(23)24)20-8-5-4-6-9-20;1-16-10-11-18(14-20(16)17-8-6-5-7-9-17)21-13-12-19(15-22-21)23(2,3)4;/h4-10,12-17H,18H2,1-3H3;5-10,12-15H,1-4H3;/q2*-1;/i;1D3;. The summed E-state index contributed by atoms with van der Waals surface area (Å²) in [6.45, 7) is 11.4. The number of nitrogens with zero attached hydrogens (tertiary/aromatic N) is 2. The molecule has 3 aromatic heterocycles. The summed E-state index contributed by atoms with van der Waals surface area (Å²) in [5, 5.41) is 3.51. The van der Waals surface area contributed by atoms with Crippen LogP contribution < -0.4 is 5.19 Å². The van der Waals surface area contributed by atoms with Crippen LogP contribution in [0, 0.1) is 24.4 Å². The molecule has 0 aliphatic heterocycles. The number of aryl methyl sites for hydroxylation is 1. The second kappa shape index (κ2) is 16.2. The van der Waals surface area contributed by atoms with Crippen LogP contribution in [-0.4, -0.2) is 18.0 Å². The van der Waals surface area contributed by atoms with E-state index in [1.807, 2.05) is 67.0 Å². The van der Waals surface area contributed by atoms with Crippen LogP contribution in [0.15, 0.2) is 144 Å². The smallest absolute Gasteiger partial charge is 0.121 e. The zero-order valence-electron chi connectivity index (χ0n) is 34.6. The molecule has 3 nitrogen and oxygen atoms in total. The third kappa shape index (κ3) is 8.88. The summed E-state index contributed by atoms with van der Waals surface area (Å²) in [7, 11) is -1.40. The summed E-state index contributed by atoms with van der Waals surface area (Å²) in [6.07, 6.45) is 4.83. The first-order valence-corrected chi connectivity index (χ1v) is 21.6. The zero-order valence-corrected chi connectivity index (χ0v) is 35.0. The molecule has 0 aliphatic carbocycles. The van der Waals surface area contributed by atoms with Gasteiger partial charge < -0.3 is 14.4 Å². The molecule has 273 valence electrons. The molecule has 0 amide bonds. The average Bonchev–Trinajstić information content (AvgIpc) is 3.56. The monoisotopic (exact) mass is 902 g/mol. The summed E-state index contributed by atoms with van der Waals surface area (Å²) in [5.74, 6) is 0. The number of pyridine rings is 2. The van der Waals surface area contributed by atoms with Crippen molar-refractivity contribution in [2.24, 2.45) is 5.41 Å². The van der Waals surface area contributed by atoms with Gasteiger partial charge in [0.2, 0.25) is 0 Å². The van der Waals surface area contributed by atoms with Gasteiger partial charge in [-0.25, -0.2) is 0 Å². The maximum absolute atomic E-state index is 7.84. The van der Waals surface area contributed by atoms with Crippen LogP contribution in [-0.2, 0) is 26.5 Å². The summed E-state index contributed by atoms with van der Waals surface area (Å²) in [4.78, 5) is 9.24. The van der Waals surface area contributed by atoms with E-state index in [0.717, 1.165) is 62.0 Å². The first-order valence-electron chi connectivity index (χ1n) is 19.6. The number of fused-ring (bicyclic) bond motifs is 3. The summed E-state index contributed by atoms with van der Waals surface area (Å²) < 4.78 is 29.9. The average molecular weight is 902 g/mol. The Labute approximate surface area is 339 Å². The van der Waals surface area contributed by atoms with Crippen LogP contribution >= 0.6 is 0 Å². The SMILES string of the molecule is CC(C)(C)Cc1ccnc(-c2[c-]ccc3c2oc2cc(-c4ccccc4)ccc23)c1.[2H]C([2H])([2H])c1c[c-]c(-c2ccc([Si](C)(C)C)cn2)cc1-c1ccccc1.[Ir]. The van der Waals surface area contributed by atoms with E-state index in [2.05, 4.69) is 129 Å². The molecule has 0 spiro atoms. The van der Waals surface area contributed by atoms with Crippen LogP contribution in [0.4, 0.5) is 0 Å². The van der Waals surface area contributed by atoms with Gasteiger partial charge in [0.15, 0.2) is 0 Å². The van der Waals surface area contributed by atoms with E-state index in [0.29, 0.717) is 11.1 Å². The van der Waals surface area contributed by atoms with Crippen LogP contribution in [0.3, 0.4) is 0 Å². The fourth-order valence-corrected chi connectivity index (χ4v) is 7.60. The summed E-state index contributed by atoms with van der Waals surface area (Å²) >= 11 is 0. The van der Waals surface area contributed by atoms with Gasteiger partial charge in [0.1, 0.15) is 5.58 Å². The molecule has 0 atom stereocenters. The van der Waals surface area contributed by atoms with Gasteiger partial charge in [0.05, 0.1) is 13.7 Å². The van der Waals surface area contributed by atoms with Gasteiger partial charge in [-0.15, -0.1) is 47.5 Å². The molecule has 0 fully saturated rings. The third-order valence-corrected chi connectivity index (χ3v) is 11.3. The van der Waals surface area contributed by atoms with Crippen molar-refractivity contribution in [3.8, 4) is 44.8 Å². The van der Waals surface area contributed by atoms with E-state index in [-0.39, 0.29) is 25.5 Å². The minimum atomic E-state index is -2.19. The fraction of sp³-hybridized carbons (Fsp3) is 0.184. The molecular formula is C49H46IrN2OSi-2. The van der Waals surface area contributed by atoms with Crippen molar-refractivity contribution in [1.29, 1.82) is 0 Å². The molecule has 5 heteroatoms. The molecule has 0 saturated heterocycles. The third-order valence-electron chi connectivity index (χ3n) is 9.30. The molecule has 0 unspecified atom stereocenters. The Hall–Kier alpha value is -4.93. The molecule has 3 heterocycles. The minimum absolute atomic E-state index is 0. The van der Waals surface area contributed by atoms with Crippen LogP contribution in [0.1, 0.15) is 36.0 Å². The van der Waals surface area contributed by atoms with Crippen LogP contribution in [0.5, 0.6) is 0 Å². The number of benzene rings is 5. The Morgan fingerprint density at radius 3 is 2.13 bits per heavy atom. The second-order valence-corrected chi connectivity index (χ2v) is 20.9. The topological polar surface area (TPSA) is 38.9 Å². The molecule has 0 N–H and O–H groups in total. The maximum atomic E-state index is 7.84. The number of hydrogen-bond donors (Lipinski definition) is 0. The number of aromatic nitrogens is 2. The van der Waals surface area contributed by atoms with E-state index in [1.54, 1.807) is 6.07 Å². The van der Waals surface area contributed by atoms with Gasteiger partial charge in [-0.1, -0.05) is 160 Å². The Balaban J connectivity index is 0.000000192. The van der Waals surface area contributed by atoms with Gasteiger partial charge >= 0.3 is 0 Å². The van der Waals surface area contributed by atoms with Gasteiger partial charge in [-0.2, -0.15) is 0 Å². The predicted octanol–water partition coefficient (Wildman–Crippen LogP) is 12.8. The molecule has 8 rings (SSSR count). The van der Waals surface area contributed by atoms with E-state index in [4.69, 9.17) is 8.53 Å². The molecule has 0 saturated carbocycles. The van der Waals surface area contributed by atoms with Crippen LogP contribution in [0.2, 0.25) is 19.6 Å².